The molecule has 4 nitrogen and oxygen atoms in total. The molecule has 31 heavy (non-hydrogen) atoms. The van der Waals surface area contributed by atoms with Crippen molar-refractivity contribution >= 4 is 11.4 Å². The summed E-state index contributed by atoms with van der Waals surface area (Å²) in [6.07, 6.45) is -2.22. The number of rotatable bonds is 5. The van der Waals surface area contributed by atoms with Crippen LogP contribution in [0.1, 0.15) is 43.4 Å². The minimum atomic E-state index is -4.37. The molecule has 2 atom stereocenters. The van der Waals surface area contributed by atoms with E-state index in [2.05, 4.69) is 0 Å². The minimum absolute atomic E-state index is 0.106. The molecule has 2 aromatic rings. The van der Waals surface area contributed by atoms with Gasteiger partial charge in [-0.25, -0.2) is 0 Å². The number of ether oxygens (including phenoxy) is 2. The van der Waals surface area contributed by atoms with Crippen molar-refractivity contribution in [2.24, 2.45) is 5.92 Å². The molecule has 0 spiro atoms. The van der Waals surface area contributed by atoms with Crippen LogP contribution < -0.4 is 9.64 Å². The first kappa shape index (κ1) is 22.0. The Hall–Kier alpha value is -2.25. The first-order valence-corrected chi connectivity index (χ1v) is 10.8. The lowest BCUT2D eigenvalue weighted by Crippen LogP contribution is -2.36. The maximum Gasteiger partial charge on any atom is 0.406 e. The summed E-state index contributed by atoms with van der Waals surface area (Å²) in [7, 11) is 0. The first-order valence-electron chi connectivity index (χ1n) is 10.8. The summed E-state index contributed by atoms with van der Waals surface area (Å²) in [5, 5.41) is 10.8. The van der Waals surface area contributed by atoms with Gasteiger partial charge in [-0.15, -0.1) is 0 Å². The number of hydrogen-bond donors (Lipinski definition) is 1. The molecule has 0 bridgehead atoms. The van der Waals surface area contributed by atoms with Crippen LogP contribution in [-0.2, 0) is 11.2 Å². The van der Waals surface area contributed by atoms with E-state index in [1.165, 1.54) is 4.90 Å². The van der Waals surface area contributed by atoms with Gasteiger partial charge >= 0.3 is 6.18 Å². The quantitative estimate of drug-likeness (QED) is 0.668. The van der Waals surface area contributed by atoms with Crippen LogP contribution in [0.15, 0.2) is 42.5 Å². The Morgan fingerprint density at radius 1 is 1.03 bits per heavy atom. The van der Waals surface area contributed by atoms with Crippen LogP contribution in [0.5, 0.6) is 5.75 Å². The number of hydrogen-bond acceptors (Lipinski definition) is 4. The van der Waals surface area contributed by atoms with Gasteiger partial charge in [0.15, 0.2) is 0 Å². The molecule has 1 fully saturated rings. The SMILES string of the molecule is CCc1ccc(N(CC(F)(F)F)c2ccc3c(c2)C(O)CC(C2CCOCC2)O3)cc1. The van der Waals surface area contributed by atoms with E-state index in [0.717, 1.165) is 24.8 Å². The van der Waals surface area contributed by atoms with Crippen LogP contribution in [0.2, 0.25) is 0 Å². The average Bonchev–Trinajstić information content (AvgIpc) is 2.77. The molecule has 2 aliphatic heterocycles. The van der Waals surface area contributed by atoms with Crippen molar-refractivity contribution in [2.75, 3.05) is 24.7 Å². The lowest BCUT2D eigenvalue weighted by atomic mass is 9.86. The molecular weight excluding hydrogens is 407 g/mol. The number of aliphatic hydroxyl groups is 1. The summed E-state index contributed by atoms with van der Waals surface area (Å²) in [5.74, 6) is 0.863. The van der Waals surface area contributed by atoms with E-state index in [4.69, 9.17) is 9.47 Å². The summed E-state index contributed by atoms with van der Waals surface area (Å²) >= 11 is 0. The third kappa shape index (κ3) is 5.15. The van der Waals surface area contributed by atoms with Gasteiger partial charge < -0.3 is 19.5 Å². The number of aliphatic hydroxyl groups excluding tert-OH is 1. The second-order valence-corrected chi connectivity index (χ2v) is 8.30. The number of nitrogens with zero attached hydrogens (tertiary/aromatic N) is 1. The first-order chi connectivity index (χ1) is 14.8. The van der Waals surface area contributed by atoms with E-state index in [1.54, 1.807) is 30.3 Å². The Bertz CT molecular complexity index is 879. The molecule has 0 amide bonds. The molecule has 7 heteroatoms. The Labute approximate surface area is 180 Å². The van der Waals surface area contributed by atoms with Gasteiger partial charge in [-0.2, -0.15) is 13.2 Å². The number of fused-ring (bicyclic) bond motifs is 1. The summed E-state index contributed by atoms with van der Waals surface area (Å²) in [5.41, 5.74) is 2.44. The number of anilines is 2. The second-order valence-electron chi connectivity index (χ2n) is 8.30. The summed E-state index contributed by atoms with van der Waals surface area (Å²) < 4.78 is 51.7. The van der Waals surface area contributed by atoms with Gasteiger partial charge in [0.05, 0.1) is 6.10 Å². The van der Waals surface area contributed by atoms with Crippen molar-refractivity contribution in [1.82, 2.24) is 0 Å². The van der Waals surface area contributed by atoms with Crippen LogP contribution in [0, 0.1) is 5.92 Å². The van der Waals surface area contributed by atoms with E-state index in [1.807, 2.05) is 19.1 Å². The molecule has 2 aromatic carbocycles. The standard InChI is InChI=1S/C24H28F3NO3/c1-2-16-3-5-18(6-4-16)28(15-24(25,26)27)19-7-8-22-20(13-19)21(29)14-23(31-22)17-9-11-30-12-10-17/h3-8,13,17,21,23,29H,2,9-12,14-15H2,1H3. The lowest BCUT2D eigenvalue weighted by Gasteiger charge is -2.37. The van der Waals surface area contributed by atoms with E-state index >= 15 is 0 Å². The number of benzene rings is 2. The topological polar surface area (TPSA) is 41.9 Å². The fourth-order valence-electron chi connectivity index (χ4n) is 4.43. The summed E-state index contributed by atoms with van der Waals surface area (Å²) in [6, 6.07) is 12.0. The van der Waals surface area contributed by atoms with Crippen molar-refractivity contribution in [3.05, 3.63) is 53.6 Å². The zero-order chi connectivity index (χ0) is 22.0. The zero-order valence-electron chi connectivity index (χ0n) is 17.6. The van der Waals surface area contributed by atoms with Crippen molar-refractivity contribution in [3.63, 3.8) is 0 Å². The van der Waals surface area contributed by atoms with Gasteiger partial charge in [-0.1, -0.05) is 19.1 Å². The predicted octanol–water partition coefficient (Wildman–Crippen LogP) is 5.56. The lowest BCUT2D eigenvalue weighted by molar-refractivity contribution is -0.118. The zero-order valence-corrected chi connectivity index (χ0v) is 17.6. The van der Waals surface area contributed by atoms with Crippen LogP contribution in [0.3, 0.4) is 0 Å². The van der Waals surface area contributed by atoms with Crippen molar-refractivity contribution < 1.29 is 27.8 Å². The number of alkyl halides is 3. The number of aryl methyl sites for hydroxylation is 1. The van der Waals surface area contributed by atoms with E-state index in [0.29, 0.717) is 48.2 Å². The van der Waals surface area contributed by atoms with Gasteiger partial charge in [0.2, 0.25) is 0 Å². The van der Waals surface area contributed by atoms with E-state index < -0.39 is 18.8 Å². The molecule has 2 heterocycles. The maximum absolute atomic E-state index is 13.4. The summed E-state index contributed by atoms with van der Waals surface area (Å²) in [4.78, 5) is 1.23. The normalized spacial score (nSPS) is 22.0. The Morgan fingerprint density at radius 3 is 2.35 bits per heavy atom. The van der Waals surface area contributed by atoms with Gasteiger partial charge in [0.25, 0.3) is 0 Å². The van der Waals surface area contributed by atoms with Gasteiger partial charge in [0, 0.05) is 42.5 Å². The van der Waals surface area contributed by atoms with Crippen molar-refractivity contribution in [1.29, 1.82) is 0 Å². The van der Waals surface area contributed by atoms with E-state index in [-0.39, 0.29) is 6.10 Å². The highest BCUT2D eigenvalue weighted by Gasteiger charge is 2.35. The highest BCUT2D eigenvalue weighted by molar-refractivity contribution is 5.66. The van der Waals surface area contributed by atoms with Gasteiger partial charge in [-0.05, 0) is 55.2 Å². The molecule has 1 N–H and O–H groups in total. The predicted molar refractivity (Wildman–Crippen MR) is 113 cm³/mol. The highest BCUT2D eigenvalue weighted by atomic mass is 19.4. The molecule has 2 unspecified atom stereocenters. The van der Waals surface area contributed by atoms with E-state index in [9.17, 15) is 18.3 Å². The highest BCUT2D eigenvalue weighted by Crippen LogP contribution is 2.42. The monoisotopic (exact) mass is 435 g/mol. The molecule has 0 radical (unpaired) electrons. The molecule has 0 saturated carbocycles. The summed E-state index contributed by atoms with van der Waals surface area (Å²) in [6.45, 7) is 2.27. The van der Waals surface area contributed by atoms with Gasteiger partial charge in [-0.3, -0.25) is 0 Å². The largest absolute Gasteiger partial charge is 0.490 e. The third-order valence-electron chi connectivity index (χ3n) is 6.18. The van der Waals surface area contributed by atoms with Crippen LogP contribution in [-0.4, -0.2) is 37.1 Å². The smallest absolute Gasteiger partial charge is 0.406 e. The average molecular weight is 435 g/mol. The molecule has 2 aliphatic rings. The Balaban J connectivity index is 1.62. The van der Waals surface area contributed by atoms with Gasteiger partial charge in [0.1, 0.15) is 18.4 Å². The molecule has 168 valence electrons. The second kappa shape index (κ2) is 9.09. The Morgan fingerprint density at radius 2 is 1.71 bits per heavy atom. The van der Waals surface area contributed by atoms with Crippen molar-refractivity contribution in [2.45, 2.75) is 51.0 Å². The third-order valence-corrected chi connectivity index (χ3v) is 6.18. The van der Waals surface area contributed by atoms with Crippen LogP contribution >= 0.6 is 0 Å². The Kier molecular flexibility index (Phi) is 6.44. The van der Waals surface area contributed by atoms with Crippen LogP contribution in [0.25, 0.3) is 0 Å². The number of halogens is 3. The molecule has 1 saturated heterocycles. The van der Waals surface area contributed by atoms with Crippen LogP contribution in [0.4, 0.5) is 24.5 Å². The minimum Gasteiger partial charge on any atom is -0.490 e. The van der Waals surface area contributed by atoms with Crippen molar-refractivity contribution in [3.8, 4) is 5.75 Å². The maximum atomic E-state index is 13.4. The fourth-order valence-corrected chi connectivity index (χ4v) is 4.43. The fraction of sp³-hybridized carbons (Fsp3) is 0.500. The molecule has 0 aliphatic carbocycles. The molecular formula is C24H28F3NO3. The molecule has 0 aromatic heterocycles. The molecule has 4 rings (SSSR count).